The summed E-state index contributed by atoms with van der Waals surface area (Å²) in [5.41, 5.74) is 5.20. The Bertz CT molecular complexity index is 259. The molecule has 3 nitrogen and oxygen atoms in total. The second kappa shape index (κ2) is 4.16. The van der Waals surface area contributed by atoms with E-state index in [9.17, 15) is 18.3 Å². The molecular formula is C10H17F3N2O. The number of hydrogen-bond acceptors (Lipinski definition) is 3. The Balaban J connectivity index is 2.03. The molecule has 2 rings (SSSR count). The number of halogens is 3. The van der Waals surface area contributed by atoms with E-state index in [4.69, 9.17) is 5.73 Å². The highest BCUT2D eigenvalue weighted by Gasteiger charge is 2.49. The van der Waals surface area contributed by atoms with Gasteiger partial charge in [-0.25, -0.2) is 0 Å². The minimum absolute atomic E-state index is 0.0106. The van der Waals surface area contributed by atoms with Gasteiger partial charge in [-0.1, -0.05) is 0 Å². The first kappa shape index (κ1) is 12.1. The molecule has 6 heteroatoms. The average Bonchev–Trinajstić information content (AvgIpc) is 2.68. The van der Waals surface area contributed by atoms with E-state index in [1.807, 2.05) is 0 Å². The Morgan fingerprint density at radius 2 is 2.00 bits per heavy atom. The molecule has 1 heterocycles. The lowest BCUT2D eigenvalue weighted by atomic mass is 10.00. The SMILES string of the molecule is NCC(N1CC2CCC(O)C2C1)C(F)(F)F. The van der Waals surface area contributed by atoms with Crippen LogP contribution in [-0.2, 0) is 0 Å². The molecule has 4 unspecified atom stereocenters. The topological polar surface area (TPSA) is 49.5 Å². The summed E-state index contributed by atoms with van der Waals surface area (Å²) in [6.45, 7) is 0.343. The Morgan fingerprint density at radius 3 is 2.50 bits per heavy atom. The molecule has 1 aliphatic heterocycles. The summed E-state index contributed by atoms with van der Waals surface area (Å²) in [5, 5.41) is 9.64. The average molecular weight is 238 g/mol. The van der Waals surface area contributed by atoms with Crippen molar-refractivity contribution < 1.29 is 18.3 Å². The summed E-state index contributed by atoms with van der Waals surface area (Å²) in [4.78, 5) is 1.39. The standard InChI is InChI=1S/C10H17F3N2O/c11-10(12,13)9(3-14)15-4-6-1-2-8(16)7(6)5-15/h6-9,16H,1-5,14H2. The third kappa shape index (κ3) is 2.06. The van der Waals surface area contributed by atoms with Gasteiger partial charge in [0.25, 0.3) is 0 Å². The quantitative estimate of drug-likeness (QED) is 0.740. The molecule has 0 bridgehead atoms. The van der Waals surface area contributed by atoms with Crippen molar-refractivity contribution in [2.45, 2.75) is 31.2 Å². The zero-order chi connectivity index (χ0) is 11.9. The molecule has 0 amide bonds. The molecule has 2 aliphatic rings. The normalized spacial score (nSPS) is 37.7. The van der Waals surface area contributed by atoms with Crippen LogP contribution in [0.15, 0.2) is 0 Å². The third-order valence-corrected chi connectivity index (χ3v) is 3.89. The highest BCUT2D eigenvalue weighted by Crippen LogP contribution is 2.40. The van der Waals surface area contributed by atoms with E-state index in [-0.39, 0.29) is 11.8 Å². The molecule has 0 radical (unpaired) electrons. The van der Waals surface area contributed by atoms with Gasteiger partial charge in [-0.05, 0) is 18.8 Å². The summed E-state index contributed by atoms with van der Waals surface area (Å²) in [7, 11) is 0. The smallest absolute Gasteiger partial charge is 0.393 e. The highest BCUT2D eigenvalue weighted by molar-refractivity contribution is 4.97. The molecule has 4 atom stereocenters. The Morgan fingerprint density at radius 1 is 1.31 bits per heavy atom. The van der Waals surface area contributed by atoms with Crippen LogP contribution in [0.5, 0.6) is 0 Å². The monoisotopic (exact) mass is 238 g/mol. The number of likely N-dealkylation sites (tertiary alicyclic amines) is 1. The lowest BCUT2D eigenvalue weighted by Crippen LogP contribution is -2.49. The highest BCUT2D eigenvalue weighted by atomic mass is 19.4. The molecular weight excluding hydrogens is 221 g/mol. The number of rotatable bonds is 2. The van der Waals surface area contributed by atoms with Crippen molar-refractivity contribution in [1.29, 1.82) is 0 Å². The van der Waals surface area contributed by atoms with Crippen LogP contribution in [0.3, 0.4) is 0 Å². The number of aliphatic hydroxyl groups excluding tert-OH is 1. The van der Waals surface area contributed by atoms with Crippen LogP contribution in [0.2, 0.25) is 0 Å². The summed E-state index contributed by atoms with van der Waals surface area (Å²) >= 11 is 0. The summed E-state index contributed by atoms with van der Waals surface area (Å²) in [5.74, 6) is 0.225. The van der Waals surface area contributed by atoms with Crippen molar-refractivity contribution >= 4 is 0 Å². The zero-order valence-corrected chi connectivity index (χ0v) is 8.95. The van der Waals surface area contributed by atoms with Crippen LogP contribution in [0.4, 0.5) is 13.2 Å². The predicted octanol–water partition coefficient (Wildman–Crippen LogP) is 0.579. The van der Waals surface area contributed by atoms with Gasteiger partial charge in [0.2, 0.25) is 0 Å². The van der Waals surface area contributed by atoms with Gasteiger partial charge in [-0.15, -0.1) is 0 Å². The van der Waals surface area contributed by atoms with Crippen molar-refractivity contribution in [2.24, 2.45) is 17.6 Å². The second-order valence-electron chi connectivity index (χ2n) is 4.82. The fourth-order valence-electron chi connectivity index (χ4n) is 3.02. The molecule has 94 valence electrons. The van der Waals surface area contributed by atoms with Crippen LogP contribution in [0, 0.1) is 11.8 Å². The number of nitrogens with zero attached hydrogens (tertiary/aromatic N) is 1. The van der Waals surface area contributed by atoms with E-state index >= 15 is 0 Å². The second-order valence-corrected chi connectivity index (χ2v) is 4.82. The molecule has 2 fully saturated rings. The predicted molar refractivity (Wildman–Crippen MR) is 52.7 cm³/mol. The first-order chi connectivity index (χ1) is 7.43. The largest absolute Gasteiger partial charge is 0.405 e. The van der Waals surface area contributed by atoms with Gasteiger partial charge < -0.3 is 10.8 Å². The van der Waals surface area contributed by atoms with Gasteiger partial charge in [0.15, 0.2) is 0 Å². The number of fused-ring (bicyclic) bond motifs is 1. The molecule has 0 spiro atoms. The van der Waals surface area contributed by atoms with Crippen molar-refractivity contribution in [3.05, 3.63) is 0 Å². The summed E-state index contributed by atoms with van der Waals surface area (Å²) in [6, 6.07) is -1.55. The van der Waals surface area contributed by atoms with E-state index in [0.717, 1.165) is 12.8 Å². The Labute approximate surface area is 92.4 Å². The maximum absolute atomic E-state index is 12.7. The van der Waals surface area contributed by atoms with Crippen LogP contribution >= 0.6 is 0 Å². The molecule has 3 N–H and O–H groups in total. The van der Waals surface area contributed by atoms with Gasteiger partial charge in [0.05, 0.1) is 6.10 Å². The maximum atomic E-state index is 12.7. The number of hydrogen-bond donors (Lipinski definition) is 2. The Kier molecular flexibility index (Phi) is 3.16. The summed E-state index contributed by atoms with van der Waals surface area (Å²) in [6.07, 6.45) is -3.14. The minimum Gasteiger partial charge on any atom is -0.393 e. The van der Waals surface area contributed by atoms with Gasteiger partial charge >= 0.3 is 6.18 Å². The van der Waals surface area contributed by atoms with E-state index < -0.39 is 24.9 Å². The first-order valence-electron chi connectivity index (χ1n) is 5.62. The van der Waals surface area contributed by atoms with Gasteiger partial charge in [0, 0.05) is 25.6 Å². The van der Waals surface area contributed by atoms with E-state index in [2.05, 4.69) is 0 Å². The fraction of sp³-hybridized carbons (Fsp3) is 1.00. The van der Waals surface area contributed by atoms with Crippen molar-refractivity contribution in [3.63, 3.8) is 0 Å². The lowest BCUT2D eigenvalue weighted by Gasteiger charge is -2.29. The molecule has 0 aromatic heterocycles. The molecule has 1 saturated carbocycles. The van der Waals surface area contributed by atoms with Crippen LogP contribution in [-0.4, -0.2) is 48.0 Å². The van der Waals surface area contributed by atoms with E-state index in [1.165, 1.54) is 4.90 Å². The number of nitrogens with two attached hydrogens (primary N) is 1. The van der Waals surface area contributed by atoms with E-state index in [1.54, 1.807) is 0 Å². The van der Waals surface area contributed by atoms with Crippen molar-refractivity contribution in [1.82, 2.24) is 4.90 Å². The Hall–Kier alpha value is -0.330. The minimum atomic E-state index is -4.27. The molecule has 1 saturated heterocycles. The maximum Gasteiger partial charge on any atom is 0.405 e. The first-order valence-corrected chi connectivity index (χ1v) is 5.62. The van der Waals surface area contributed by atoms with Crippen LogP contribution < -0.4 is 5.73 Å². The zero-order valence-electron chi connectivity index (χ0n) is 8.95. The van der Waals surface area contributed by atoms with E-state index in [0.29, 0.717) is 13.1 Å². The lowest BCUT2D eigenvalue weighted by molar-refractivity contribution is -0.179. The van der Waals surface area contributed by atoms with Gasteiger partial charge in [0.1, 0.15) is 6.04 Å². The van der Waals surface area contributed by atoms with Crippen LogP contribution in [0.25, 0.3) is 0 Å². The molecule has 0 aromatic rings. The molecule has 1 aliphatic carbocycles. The number of alkyl halides is 3. The van der Waals surface area contributed by atoms with Crippen molar-refractivity contribution in [3.8, 4) is 0 Å². The van der Waals surface area contributed by atoms with Crippen molar-refractivity contribution in [2.75, 3.05) is 19.6 Å². The molecule has 16 heavy (non-hydrogen) atoms. The van der Waals surface area contributed by atoms with Gasteiger partial charge in [-0.2, -0.15) is 13.2 Å². The molecule has 0 aromatic carbocycles. The number of aliphatic hydroxyl groups is 1. The summed E-state index contributed by atoms with van der Waals surface area (Å²) < 4.78 is 38.0. The third-order valence-electron chi connectivity index (χ3n) is 3.89. The fourth-order valence-corrected chi connectivity index (χ4v) is 3.02. The van der Waals surface area contributed by atoms with Gasteiger partial charge in [-0.3, -0.25) is 4.90 Å². The van der Waals surface area contributed by atoms with Crippen LogP contribution in [0.1, 0.15) is 12.8 Å².